The summed E-state index contributed by atoms with van der Waals surface area (Å²) in [7, 11) is 0. The molecular weight excluding hydrogens is 461 g/mol. The molecule has 2 aromatic carbocycles. The number of nitrogens with zero attached hydrogens (tertiary/aromatic N) is 2. The number of aliphatic hydroxyl groups is 1. The molecule has 176 valence electrons. The smallest absolute Gasteiger partial charge is 0.251 e. The molecule has 2 aliphatic rings. The van der Waals surface area contributed by atoms with Gasteiger partial charge >= 0.3 is 0 Å². The van der Waals surface area contributed by atoms with E-state index in [2.05, 4.69) is 10.2 Å². The van der Waals surface area contributed by atoms with Gasteiger partial charge in [0.05, 0.1) is 22.7 Å². The predicted octanol–water partition coefficient (Wildman–Crippen LogP) is 3.77. The minimum absolute atomic E-state index is 0.0445. The number of carbonyl (C=O) groups is 2. The second-order valence-corrected chi connectivity index (χ2v) is 9.64. The normalized spacial score (nSPS) is 20.6. The minimum atomic E-state index is -0.422. The second-order valence-electron chi connectivity index (χ2n) is 8.82. The number of hydrogen-bond donors (Lipinski definition) is 2. The summed E-state index contributed by atoms with van der Waals surface area (Å²) in [4.78, 5) is 29.2. The van der Waals surface area contributed by atoms with E-state index in [1.54, 1.807) is 12.1 Å². The molecule has 0 aromatic heterocycles. The van der Waals surface area contributed by atoms with Gasteiger partial charge in [0.1, 0.15) is 0 Å². The third-order valence-electron chi connectivity index (χ3n) is 6.78. The molecule has 0 saturated carbocycles. The molecule has 2 saturated heterocycles. The summed E-state index contributed by atoms with van der Waals surface area (Å²) in [5.41, 5.74) is 1.36. The van der Waals surface area contributed by atoms with Crippen LogP contribution in [-0.2, 0) is 4.79 Å². The number of nitrogens with one attached hydrogen (secondary N) is 1. The van der Waals surface area contributed by atoms with Crippen molar-refractivity contribution in [3.63, 3.8) is 0 Å². The van der Waals surface area contributed by atoms with Gasteiger partial charge in [0.25, 0.3) is 5.91 Å². The molecule has 2 aliphatic heterocycles. The van der Waals surface area contributed by atoms with Crippen LogP contribution in [0.25, 0.3) is 0 Å². The first-order valence-electron chi connectivity index (χ1n) is 11.4. The highest BCUT2D eigenvalue weighted by molar-refractivity contribution is 6.42. The Labute approximate surface area is 204 Å². The zero-order chi connectivity index (χ0) is 23.4. The van der Waals surface area contributed by atoms with E-state index in [0.717, 1.165) is 37.9 Å². The molecule has 2 heterocycles. The molecular formula is C25H29Cl2N3O3. The molecule has 0 aliphatic carbocycles. The van der Waals surface area contributed by atoms with Crippen molar-refractivity contribution in [2.75, 3.05) is 32.7 Å². The quantitative estimate of drug-likeness (QED) is 0.647. The number of rotatable bonds is 6. The number of benzene rings is 2. The molecule has 2 unspecified atom stereocenters. The van der Waals surface area contributed by atoms with Crippen molar-refractivity contribution in [2.45, 2.75) is 31.4 Å². The highest BCUT2D eigenvalue weighted by Gasteiger charge is 2.34. The molecule has 2 aromatic rings. The molecule has 2 N–H and O–H groups in total. The number of hydrogen-bond acceptors (Lipinski definition) is 4. The van der Waals surface area contributed by atoms with Crippen molar-refractivity contribution in [3.8, 4) is 0 Å². The molecule has 0 spiro atoms. The maximum atomic E-state index is 12.6. The van der Waals surface area contributed by atoms with E-state index in [4.69, 9.17) is 23.2 Å². The van der Waals surface area contributed by atoms with Crippen molar-refractivity contribution >= 4 is 35.0 Å². The zero-order valence-electron chi connectivity index (χ0n) is 18.4. The third kappa shape index (κ3) is 5.87. The summed E-state index contributed by atoms with van der Waals surface area (Å²) in [6.07, 6.45) is 2.40. The Morgan fingerprint density at radius 3 is 2.42 bits per heavy atom. The molecule has 2 fully saturated rings. The van der Waals surface area contributed by atoms with Gasteiger partial charge in [-0.3, -0.25) is 14.5 Å². The molecule has 6 nitrogen and oxygen atoms in total. The van der Waals surface area contributed by atoms with E-state index >= 15 is 0 Å². The molecule has 2 atom stereocenters. The maximum Gasteiger partial charge on any atom is 0.251 e. The molecule has 0 bridgehead atoms. The molecule has 4 rings (SSSR count). The largest absolute Gasteiger partial charge is 0.388 e. The summed E-state index contributed by atoms with van der Waals surface area (Å²) in [6.45, 7) is 3.17. The van der Waals surface area contributed by atoms with Gasteiger partial charge < -0.3 is 15.3 Å². The Morgan fingerprint density at radius 2 is 1.73 bits per heavy atom. The van der Waals surface area contributed by atoms with Crippen LogP contribution in [0.15, 0.2) is 48.5 Å². The molecule has 33 heavy (non-hydrogen) atoms. The van der Waals surface area contributed by atoms with Crippen LogP contribution >= 0.6 is 23.2 Å². The van der Waals surface area contributed by atoms with Crippen molar-refractivity contribution in [2.24, 2.45) is 5.92 Å². The number of halogens is 2. The Bertz CT molecular complexity index is 980. The fourth-order valence-electron chi connectivity index (χ4n) is 4.80. The average Bonchev–Trinajstić information content (AvgIpc) is 3.35. The van der Waals surface area contributed by atoms with Crippen molar-refractivity contribution in [3.05, 3.63) is 69.7 Å². The fourth-order valence-corrected chi connectivity index (χ4v) is 5.09. The number of carbonyl (C=O) groups excluding carboxylic acids is 2. The van der Waals surface area contributed by atoms with Crippen LogP contribution in [-0.4, -0.2) is 65.5 Å². The Kier molecular flexibility index (Phi) is 7.91. The Morgan fingerprint density at radius 1 is 1.00 bits per heavy atom. The lowest BCUT2D eigenvalue weighted by Crippen LogP contribution is -2.45. The Hall–Kier alpha value is -2.12. The first-order chi connectivity index (χ1) is 15.9. The lowest BCUT2D eigenvalue weighted by atomic mass is 9.87. The standard InChI is InChI=1S/C25H29Cl2N3O3/c26-21-7-6-19(14-22(21)27)25(33)28-15-23(31)30-13-10-20(16-30)29-11-8-18(9-12-29)24(32)17-4-2-1-3-5-17/h1-7,14,18,20,24,32H,8-13,15-16H2,(H,28,33). The second kappa shape index (κ2) is 10.9. The topological polar surface area (TPSA) is 72.9 Å². The van der Waals surface area contributed by atoms with Crippen LogP contribution < -0.4 is 5.32 Å². The van der Waals surface area contributed by atoms with E-state index in [1.165, 1.54) is 6.07 Å². The van der Waals surface area contributed by atoms with E-state index in [0.29, 0.717) is 34.7 Å². The number of aliphatic hydroxyl groups excluding tert-OH is 1. The van der Waals surface area contributed by atoms with Crippen LogP contribution in [0.5, 0.6) is 0 Å². The van der Waals surface area contributed by atoms with Gasteiger partial charge in [-0.15, -0.1) is 0 Å². The van der Waals surface area contributed by atoms with Gasteiger partial charge in [-0.2, -0.15) is 0 Å². The molecule has 2 amide bonds. The molecule has 0 radical (unpaired) electrons. The van der Waals surface area contributed by atoms with Gasteiger partial charge in [-0.25, -0.2) is 0 Å². The van der Waals surface area contributed by atoms with E-state index < -0.39 is 6.10 Å². The van der Waals surface area contributed by atoms with Crippen molar-refractivity contribution < 1.29 is 14.7 Å². The van der Waals surface area contributed by atoms with Crippen LogP contribution in [0.4, 0.5) is 0 Å². The lowest BCUT2D eigenvalue weighted by Gasteiger charge is -2.37. The Balaban J connectivity index is 1.22. The fraction of sp³-hybridized carbons (Fsp3) is 0.440. The highest BCUT2D eigenvalue weighted by atomic mass is 35.5. The van der Waals surface area contributed by atoms with Crippen molar-refractivity contribution in [1.82, 2.24) is 15.1 Å². The monoisotopic (exact) mass is 489 g/mol. The van der Waals surface area contributed by atoms with Crippen LogP contribution in [0.2, 0.25) is 10.0 Å². The maximum absolute atomic E-state index is 12.6. The number of amides is 2. The summed E-state index contributed by atoms with van der Waals surface area (Å²) >= 11 is 11.9. The average molecular weight is 490 g/mol. The third-order valence-corrected chi connectivity index (χ3v) is 7.52. The predicted molar refractivity (Wildman–Crippen MR) is 129 cm³/mol. The minimum Gasteiger partial charge on any atom is -0.388 e. The van der Waals surface area contributed by atoms with E-state index in [1.807, 2.05) is 35.2 Å². The molecule has 8 heteroatoms. The lowest BCUT2D eigenvalue weighted by molar-refractivity contribution is -0.129. The van der Waals surface area contributed by atoms with Crippen molar-refractivity contribution in [1.29, 1.82) is 0 Å². The van der Waals surface area contributed by atoms with Crippen LogP contribution in [0.1, 0.15) is 41.3 Å². The SMILES string of the molecule is O=C(NCC(=O)N1CCC(N2CCC(C(O)c3ccccc3)CC2)C1)c1ccc(Cl)c(Cl)c1. The van der Waals surface area contributed by atoms with Gasteiger partial charge in [0.15, 0.2) is 0 Å². The van der Waals surface area contributed by atoms with Gasteiger partial charge in [0.2, 0.25) is 5.91 Å². The van der Waals surface area contributed by atoms with Crippen LogP contribution in [0.3, 0.4) is 0 Å². The van der Waals surface area contributed by atoms with Gasteiger partial charge in [-0.1, -0.05) is 53.5 Å². The number of likely N-dealkylation sites (tertiary alicyclic amines) is 2. The first-order valence-corrected chi connectivity index (χ1v) is 12.2. The van der Waals surface area contributed by atoms with Crippen LogP contribution in [0, 0.1) is 5.92 Å². The summed E-state index contributed by atoms with van der Waals surface area (Å²) < 4.78 is 0. The van der Waals surface area contributed by atoms with Gasteiger partial charge in [-0.05, 0) is 62.0 Å². The van der Waals surface area contributed by atoms with Gasteiger partial charge in [0, 0.05) is 24.7 Å². The summed E-state index contributed by atoms with van der Waals surface area (Å²) in [5, 5.41) is 14.1. The summed E-state index contributed by atoms with van der Waals surface area (Å²) in [5.74, 6) is -0.170. The van der Waals surface area contributed by atoms with E-state index in [-0.39, 0.29) is 24.3 Å². The zero-order valence-corrected chi connectivity index (χ0v) is 19.9. The number of piperidine rings is 1. The van der Waals surface area contributed by atoms with E-state index in [9.17, 15) is 14.7 Å². The first kappa shape index (κ1) is 24.0. The summed E-state index contributed by atoms with van der Waals surface area (Å²) in [6, 6.07) is 14.8. The highest BCUT2D eigenvalue weighted by Crippen LogP contribution is 2.32.